The first-order chi connectivity index (χ1) is 11.0. The van der Waals surface area contributed by atoms with Crippen LogP contribution in [0.4, 0.5) is 0 Å². The lowest BCUT2D eigenvalue weighted by Gasteiger charge is -2.28. The van der Waals surface area contributed by atoms with Crippen molar-refractivity contribution in [3.63, 3.8) is 0 Å². The molecule has 126 valence electrons. The van der Waals surface area contributed by atoms with Gasteiger partial charge in [-0.05, 0) is 43.5 Å². The van der Waals surface area contributed by atoms with Crippen molar-refractivity contribution in [2.75, 3.05) is 24.4 Å². The molecule has 2 aliphatic rings. The molecular formula is C16H21NO4S2. The van der Waals surface area contributed by atoms with Crippen LogP contribution in [0.25, 0.3) is 0 Å². The molecular weight excluding hydrogens is 334 g/mol. The molecule has 0 unspecified atom stereocenters. The number of carbonyl (C=O) groups excluding carboxylic acids is 1. The second kappa shape index (κ2) is 6.73. The summed E-state index contributed by atoms with van der Waals surface area (Å²) in [5.74, 6) is 1.52. The molecule has 23 heavy (non-hydrogen) atoms. The largest absolute Gasteiger partial charge is 0.497 e. The van der Waals surface area contributed by atoms with Crippen molar-refractivity contribution >= 4 is 27.5 Å². The van der Waals surface area contributed by atoms with Gasteiger partial charge in [0.05, 0.1) is 24.4 Å². The number of amides is 1. The molecule has 3 rings (SSSR count). The Morgan fingerprint density at radius 2 is 1.91 bits per heavy atom. The van der Waals surface area contributed by atoms with Gasteiger partial charge >= 0.3 is 0 Å². The van der Waals surface area contributed by atoms with E-state index >= 15 is 0 Å². The molecule has 1 saturated heterocycles. The van der Waals surface area contributed by atoms with Gasteiger partial charge in [-0.1, -0.05) is 0 Å². The number of carbonyl (C=O) groups is 1. The molecule has 1 amide bonds. The van der Waals surface area contributed by atoms with E-state index in [1.807, 2.05) is 29.2 Å². The predicted octanol–water partition coefficient (Wildman–Crippen LogP) is 1.97. The molecule has 1 aliphatic carbocycles. The summed E-state index contributed by atoms with van der Waals surface area (Å²) in [5, 5.41) is 0. The minimum Gasteiger partial charge on any atom is -0.497 e. The standard InChI is InChI=1S/C16H21NO4S2/c1-21-14-4-6-15(7-5-14)22-10-16(18)17(12-2-3-12)13-8-9-23(19,20)11-13/h4-7,12-13H,2-3,8-11H2,1H3/t13-/m0/s1. The van der Waals surface area contributed by atoms with Crippen LogP contribution in [0.2, 0.25) is 0 Å². The van der Waals surface area contributed by atoms with Gasteiger partial charge in [-0.2, -0.15) is 0 Å². The molecule has 0 bridgehead atoms. The molecule has 1 aliphatic heterocycles. The van der Waals surface area contributed by atoms with E-state index in [-0.39, 0.29) is 29.5 Å². The maximum Gasteiger partial charge on any atom is 0.233 e. The Morgan fingerprint density at radius 3 is 2.43 bits per heavy atom. The summed E-state index contributed by atoms with van der Waals surface area (Å²) in [5.41, 5.74) is 0. The Morgan fingerprint density at radius 1 is 1.22 bits per heavy atom. The first kappa shape index (κ1) is 16.6. The second-order valence-electron chi connectivity index (χ2n) is 6.05. The van der Waals surface area contributed by atoms with Crippen molar-refractivity contribution in [2.45, 2.75) is 36.2 Å². The average Bonchev–Trinajstić information content (AvgIpc) is 3.29. The maximum atomic E-state index is 12.6. The second-order valence-corrected chi connectivity index (χ2v) is 9.33. The fourth-order valence-corrected chi connectivity index (χ4v) is 5.42. The number of methoxy groups -OCH3 is 1. The Kier molecular flexibility index (Phi) is 4.87. The summed E-state index contributed by atoms with van der Waals surface area (Å²) in [4.78, 5) is 15.5. The van der Waals surface area contributed by atoms with Crippen molar-refractivity contribution in [1.82, 2.24) is 4.90 Å². The van der Waals surface area contributed by atoms with Crippen molar-refractivity contribution in [1.29, 1.82) is 0 Å². The highest BCUT2D eigenvalue weighted by Gasteiger charge is 2.41. The van der Waals surface area contributed by atoms with E-state index in [9.17, 15) is 13.2 Å². The van der Waals surface area contributed by atoms with Crippen molar-refractivity contribution in [3.05, 3.63) is 24.3 Å². The van der Waals surface area contributed by atoms with Crippen molar-refractivity contribution in [2.24, 2.45) is 0 Å². The van der Waals surface area contributed by atoms with E-state index in [4.69, 9.17) is 4.74 Å². The van der Waals surface area contributed by atoms with Crippen LogP contribution in [-0.4, -0.2) is 55.7 Å². The lowest BCUT2D eigenvalue weighted by atomic mass is 10.2. The Balaban J connectivity index is 1.60. The normalized spacial score (nSPS) is 22.7. The molecule has 1 aromatic carbocycles. The minimum atomic E-state index is -2.97. The molecule has 2 fully saturated rings. The number of hydrogen-bond acceptors (Lipinski definition) is 5. The van der Waals surface area contributed by atoms with E-state index in [0.29, 0.717) is 12.2 Å². The predicted molar refractivity (Wildman–Crippen MR) is 90.6 cm³/mol. The van der Waals surface area contributed by atoms with Gasteiger partial charge < -0.3 is 9.64 Å². The number of rotatable bonds is 6. The highest BCUT2D eigenvalue weighted by atomic mass is 32.2. The van der Waals surface area contributed by atoms with Crippen molar-refractivity contribution in [3.8, 4) is 5.75 Å². The summed E-state index contributed by atoms with van der Waals surface area (Å²) in [7, 11) is -1.35. The molecule has 5 nitrogen and oxygen atoms in total. The number of sulfone groups is 1. The maximum absolute atomic E-state index is 12.6. The molecule has 0 N–H and O–H groups in total. The van der Waals surface area contributed by atoms with Crippen LogP contribution in [0.5, 0.6) is 5.75 Å². The lowest BCUT2D eigenvalue weighted by molar-refractivity contribution is -0.130. The van der Waals surface area contributed by atoms with Crippen LogP contribution < -0.4 is 4.74 Å². The molecule has 7 heteroatoms. The van der Waals surface area contributed by atoms with E-state index in [1.165, 1.54) is 11.8 Å². The van der Waals surface area contributed by atoms with E-state index in [1.54, 1.807) is 7.11 Å². The topological polar surface area (TPSA) is 63.7 Å². The molecule has 1 atom stereocenters. The summed E-state index contributed by atoms with van der Waals surface area (Å²) in [6, 6.07) is 7.72. The lowest BCUT2D eigenvalue weighted by Crippen LogP contribution is -2.43. The molecule has 0 aromatic heterocycles. The van der Waals surface area contributed by atoms with Gasteiger partial charge in [0.15, 0.2) is 9.84 Å². The van der Waals surface area contributed by atoms with Crippen LogP contribution in [0, 0.1) is 0 Å². The van der Waals surface area contributed by atoms with Crippen LogP contribution in [-0.2, 0) is 14.6 Å². The van der Waals surface area contributed by atoms with Gasteiger partial charge in [-0.3, -0.25) is 4.79 Å². The van der Waals surface area contributed by atoms with Crippen molar-refractivity contribution < 1.29 is 17.9 Å². The number of nitrogens with zero attached hydrogens (tertiary/aromatic N) is 1. The first-order valence-corrected chi connectivity index (χ1v) is 10.6. The molecule has 1 heterocycles. The van der Waals surface area contributed by atoms with Crippen LogP contribution in [0.3, 0.4) is 0 Å². The number of benzene rings is 1. The summed E-state index contributed by atoms with van der Waals surface area (Å²) >= 11 is 1.48. The van der Waals surface area contributed by atoms with Gasteiger partial charge in [-0.25, -0.2) is 8.42 Å². The third kappa shape index (κ3) is 4.20. The Labute approximate surface area is 141 Å². The number of thioether (sulfide) groups is 1. The smallest absolute Gasteiger partial charge is 0.233 e. The monoisotopic (exact) mass is 355 g/mol. The number of hydrogen-bond donors (Lipinski definition) is 0. The van der Waals surface area contributed by atoms with Gasteiger partial charge in [0.25, 0.3) is 0 Å². The van der Waals surface area contributed by atoms with Gasteiger partial charge in [-0.15, -0.1) is 11.8 Å². The van der Waals surface area contributed by atoms with Gasteiger partial charge in [0, 0.05) is 17.0 Å². The van der Waals surface area contributed by atoms with Gasteiger partial charge in [0.2, 0.25) is 5.91 Å². The molecule has 0 radical (unpaired) electrons. The van der Waals surface area contributed by atoms with Gasteiger partial charge in [0.1, 0.15) is 5.75 Å². The summed E-state index contributed by atoms with van der Waals surface area (Å²) in [6.45, 7) is 0. The highest BCUT2D eigenvalue weighted by molar-refractivity contribution is 8.00. The highest BCUT2D eigenvalue weighted by Crippen LogP contribution is 2.33. The third-order valence-corrected chi connectivity index (χ3v) is 7.00. The number of ether oxygens (including phenoxy) is 1. The van der Waals surface area contributed by atoms with Crippen LogP contribution in [0.1, 0.15) is 19.3 Å². The average molecular weight is 355 g/mol. The Hall–Kier alpha value is -1.21. The van der Waals surface area contributed by atoms with E-state index < -0.39 is 9.84 Å². The SMILES string of the molecule is COc1ccc(SCC(=O)N(C2CC2)[C@H]2CCS(=O)(=O)C2)cc1. The van der Waals surface area contributed by atoms with Crippen LogP contribution >= 0.6 is 11.8 Å². The van der Waals surface area contributed by atoms with Crippen LogP contribution in [0.15, 0.2) is 29.2 Å². The first-order valence-electron chi connectivity index (χ1n) is 7.77. The summed E-state index contributed by atoms with van der Waals surface area (Å²) < 4.78 is 28.5. The zero-order valence-corrected chi connectivity index (χ0v) is 14.7. The van der Waals surface area contributed by atoms with E-state index in [2.05, 4.69) is 0 Å². The quantitative estimate of drug-likeness (QED) is 0.730. The zero-order chi connectivity index (χ0) is 16.4. The zero-order valence-electron chi connectivity index (χ0n) is 13.1. The fourth-order valence-electron chi connectivity index (χ4n) is 2.94. The Bertz CT molecular complexity index is 668. The minimum absolute atomic E-state index is 0.0513. The van der Waals surface area contributed by atoms with E-state index in [0.717, 1.165) is 23.5 Å². The third-order valence-electron chi connectivity index (χ3n) is 4.25. The summed E-state index contributed by atoms with van der Waals surface area (Å²) in [6.07, 6.45) is 2.57. The molecule has 1 aromatic rings. The molecule has 1 saturated carbocycles. The fraction of sp³-hybridized carbons (Fsp3) is 0.562. The molecule has 0 spiro atoms.